The first-order valence-electron chi connectivity index (χ1n) is 7.23. The van der Waals surface area contributed by atoms with Crippen molar-refractivity contribution in [3.63, 3.8) is 0 Å². The van der Waals surface area contributed by atoms with Crippen LogP contribution in [0.25, 0.3) is 0 Å². The Labute approximate surface area is 138 Å². The second-order valence-electron chi connectivity index (χ2n) is 5.19. The van der Waals surface area contributed by atoms with Crippen molar-refractivity contribution in [2.45, 2.75) is 6.04 Å². The molecule has 1 atom stereocenters. The summed E-state index contributed by atoms with van der Waals surface area (Å²) in [5.74, 6) is -0.0154. The van der Waals surface area contributed by atoms with E-state index in [4.69, 9.17) is 16.3 Å². The highest BCUT2D eigenvalue weighted by Gasteiger charge is 2.28. The van der Waals surface area contributed by atoms with Gasteiger partial charge in [0.1, 0.15) is 0 Å². The smallest absolute Gasteiger partial charge is 0.165 e. The molecule has 0 amide bonds. The third kappa shape index (κ3) is 3.13. The summed E-state index contributed by atoms with van der Waals surface area (Å²) in [6, 6.07) is 8.97. The van der Waals surface area contributed by atoms with Gasteiger partial charge in [0.2, 0.25) is 0 Å². The van der Waals surface area contributed by atoms with Gasteiger partial charge >= 0.3 is 0 Å². The van der Waals surface area contributed by atoms with E-state index in [9.17, 15) is 4.39 Å². The third-order valence-electron chi connectivity index (χ3n) is 3.88. The number of methoxy groups -OCH3 is 1. The van der Waals surface area contributed by atoms with Crippen LogP contribution in [0.1, 0.15) is 16.5 Å². The van der Waals surface area contributed by atoms with E-state index in [0.29, 0.717) is 5.75 Å². The Morgan fingerprint density at radius 1 is 1.27 bits per heavy atom. The minimum atomic E-state index is -0.331. The van der Waals surface area contributed by atoms with Gasteiger partial charge in [-0.1, -0.05) is 23.7 Å². The number of rotatable bonds is 4. The van der Waals surface area contributed by atoms with Gasteiger partial charge in [-0.2, -0.15) is 0 Å². The van der Waals surface area contributed by atoms with Crippen molar-refractivity contribution < 1.29 is 9.13 Å². The average Bonchev–Trinajstić information content (AvgIpc) is 2.95. The number of para-hydroxylation sites is 1. The minimum absolute atomic E-state index is 0.0368. The number of halogens is 2. The number of hydrogen-bond acceptors (Lipinski definition) is 4. The summed E-state index contributed by atoms with van der Waals surface area (Å²) in [7, 11) is 1.51. The van der Waals surface area contributed by atoms with Crippen molar-refractivity contribution in [2.75, 3.05) is 33.3 Å². The molecule has 1 aromatic carbocycles. The predicted molar refractivity (Wildman–Crippen MR) is 88.6 cm³/mol. The summed E-state index contributed by atoms with van der Waals surface area (Å²) in [6.07, 6.45) is 0. The average molecular weight is 341 g/mol. The molecule has 1 saturated heterocycles. The lowest BCUT2D eigenvalue weighted by Crippen LogP contribution is -2.45. The van der Waals surface area contributed by atoms with Crippen LogP contribution < -0.4 is 10.1 Å². The second-order valence-corrected chi connectivity index (χ2v) is 6.94. The maximum absolute atomic E-state index is 14.1. The van der Waals surface area contributed by atoms with E-state index in [1.165, 1.54) is 24.5 Å². The highest BCUT2D eigenvalue weighted by Crippen LogP contribution is 2.40. The molecule has 118 valence electrons. The SMILES string of the molecule is COc1c(F)cccc1[C@H](c1ccc(Cl)s1)N1CCNCC1. The summed E-state index contributed by atoms with van der Waals surface area (Å²) in [4.78, 5) is 3.45. The molecule has 22 heavy (non-hydrogen) atoms. The van der Waals surface area contributed by atoms with Gasteiger partial charge in [0, 0.05) is 36.6 Å². The lowest BCUT2D eigenvalue weighted by atomic mass is 10.0. The molecule has 0 unspecified atom stereocenters. The summed E-state index contributed by atoms with van der Waals surface area (Å²) in [5, 5.41) is 3.35. The third-order valence-corrected chi connectivity index (χ3v) is 5.16. The molecule has 0 radical (unpaired) electrons. The summed E-state index contributed by atoms with van der Waals surface area (Å²) in [5.41, 5.74) is 0.850. The minimum Gasteiger partial charge on any atom is -0.493 e. The highest BCUT2D eigenvalue weighted by molar-refractivity contribution is 7.16. The number of nitrogens with one attached hydrogen (secondary N) is 1. The van der Waals surface area contributed by atoms with Crippen LogP contribution >= 0.6 is 22.9 Å². The van der Waals surface area contributed by atoms with E-state index in [2.05, 4.69) is 10.2 Å². The number of ether oxygens (including phenoxy) is 1. The molecule has 2 heterocycles. The molecular formula is C16H18ClFN2OS. The topological polar surface area (TPSA) is 24.5 Å². The first-order valence-corrected chi connectivity index (χ1v) is 8.42. The quantitative estimate of drug-likeness (QED) is 0.921. The molecule has 3 rings (SSSR count). The van der Waals surface area contributed by atoms with Crippen molar-refractivity contribution in [1.29, 1.82) is 0 Å². The number of hydrogen-bond donors (Lipinski definition) is 1. The predicted octanol–water partition coefficient (Wildman–Crippen LogP) is 3.54. The first-order chi connectivity index (χ1) is 10.7. The molecule has 6 heteroatoms. The van der Waals surface area contributed by atoms with Crippen molar-refractivity contribution >= 4 is 22.9 Å². The highest BCUT2D eigenvalue weighted by atomic mass is 35.5. The van der Waals surface area contributed by atoms with Crippen LogP contribution in [0.5, 0.6) is 5.75 Å². The number of thiophene rings is 1. The summed E-state index contributed by atoms with van der Waals surface area (Å²) >= 11 is 7.65. The van der Waals surface area contributed by atoms with Gasteiger partial charge in [0.15, 0.2) is 11.6 Å². The van der Waals surface area contributed by atoms with E-state index < -0.39 is 0 Å². The maximum atomic E-state index is 14.1. The molecule has 1 aliphatic rings. The van der Waals surface area contributed by atoms with Crippen molar-refractivity contribution in [1.82, 2.24) is 10.2 Å². The molecule has 0 spiro atoms. The van der Waals surface area contributed by atoms with Crippen LogP contribution in [-0.4, -0.2) is 38.2 Å². The Kier molecular flexibility index (Phi) is 4.98. The van der Waals surface area contributed by atoms with Crippen LogP contribution in [0.15, 0.2) is 30.3 Å². The van der Waals surface area contributed by atoms with Crippen LogP contribution in [0.2, 0.25) is 4.34 Å². The van der Waals surface area contributed by atoms with Crippen molar-refractivity contribution in [3.8, 4) is 5.75 Å². The van der Waals surface area contributed by atoms with Gasteiger partial charge in [0.25, 0.3) is 0 Å². The Bertz CT molecular complexity index is 643. The molecule has 1 aliphatic heterocycles. The van der Waals surface area contributed by atoms with Crippen LogP contribution in [0, 0.1) is 5.82 Å². The van der Waals surface area contributed by atoms with Gasteiger partial charge < -0.3 is 10.1 Å². The lowest BCUT2D eigenvalue weighted by molar-refractivity contribution is 0.197. The molecule has 0 saturated carbocycles. The van der Waals surface area contributed by atoms with Gasteiger partial charge in [0.05, 0.1) is 17.5 Å². The van der Waals surface area contributed by atoms with Crippen LogP contribution in [0.3, 0.4) is 0 Å². The largest absolute Gasteiger partial charge is 0.493 e. The van der Waals surface area contributed by atoms with E-state index in [1.54, 1.807) is 6.07 Å². The number of piperazine rings is 1. The summed E-state index contributed by atoms with van der Waals surface area (Å²) in [6.45, 7) is 3.65. The zero-order valence-corrected chi connectivity index (χ0v) is 13.9. The second kappa shape index (κ2) is 6.96. The molecular weight excluding hydrogens is 323 g/mol. The number of benzene rings is 1. The Morgan fingerprint density at radius 3 is 2.68 bits per heavy atom. The number of nitrogens with zero attached hydrogens (tertiary/aromatic N) is 1. The normalized spacial score (nSPS) is 17.4. The Balaban J connectivity index is 2.07. The fraction of sp³-hybridized carbons (Fsp3) is 0.375. The molecule has 3 nitrogen and oxygen atoms in total. The van der Waals surface area contributed by atoms with Gasteiger partial charge in [-0.05, 0) is 18.2 Å². The van der Waals surface area contributed by atoms with Gasteiger partial charge in [-0.15, -0.1) is 11.3 Å². The van der Waals surface area contributed by atoms with Crippen molar-refractivity contribution in [2.24, 2.45) is 0 Å². The summed E-state index contributed by atoms with van der Waals surface area (Å²) < 4.78 is 20.2. The molecule has 1 aromatic heterocycles. The van der Waals surface area contributed by atoms with E-state index in [0.717, 1.165) is 41.0 Å². The zero-order chi connectivity index (χ0) is 15.5. The molecule has 1 N–H and O–H groups in total. The van der Waals surface area contributed by atoms with Gasteiger partial charge in [-0.25, -0.2) is 4.39 Å². The van der Waals surface area contributed by atoms with E-state index >= 15 is 0 Å². The fourth-order valence-corrected chi connectivity index (χ4v) is 4.12. The molecule has 2 aromatic rings. The molecule has 1 fully saturated rings. The Morgan fingerprint density at radius 2 is 2.05 bits per heavy atom. The van der Waals surface area contributed by atoms with Crippen molar-refractivity contribution in [3.05, 3.63) is 50.9 Å². The standard InChI is InChI=1S/C16H18ClFN2OS/c1-21-16-11(3-2-4-12(16)18)15(13-5-6-14(17)22-13)20-9-7-19-8-10-20/h2-6,15,19H,7-10H2,1H3/t15-/m1/s1. The fourth-order valence-electron chi connectivity index (χ4n) is 2.90. The molecule has 0 bridgehead atoms. The zero-order valence-electron chi connectivity index (χ0n) is 12.3. The van der Waals surface area contributed by atoms with E-state index in [-0.39, 0.29) is 11.9 Å². The first kappa shape index (κ1) is 15.7. The maximum Gasteiger partial charge on any atom is 0.165 e. The van der Waals surface area contributed by atoms with Crippen LogP contribution in [0.4, 0.5) is 4.39 Å². The van der Waals surface area contributed by atoms with Crippen LogP contribution in [-0.2, 0) is 0 Å². The lowest BCUT2D eigenvalue weighted by Gasteiger charge is -2.35. The van der Waals surface area contributed by atoms with Gasteiger partial charge in [-0.3, -0.25) is 4.90 Å². The van der Waals surface area contributed by atoms with E-state index in [1.807, 2.05) is 18.2 Å². The monoisotopic (exact) mass is 340 g/mol. The Hall–Kier alpha value is -1.14. The molecule has 0 aliphatic carbocycles.